The van der Waals surface area contributed by atoms with Gasteiger partial charge in [0.2, 0.25) is 11.8 Å². The first-order chi connectivity index (χ1) is 19.3. The topological polar surface area (TPSA) is 136 Å². The van der Waals surface area contributed by atoms with Gasteiger partial charge in [-0.25, -0.2) is 13.4 Å². The number of rotatable bonds is 9. The normalized spacial score (nSPS) is 15.8. The van der Waals surface area contributed by atoms with E-state index >= 15 is 0 Å². The predicted octanol–water partition coefficient (Wildman–Crippen LogP) is 6.42. The molecule has 0 aliphatic heterocycles. The summed E-state index contributed by atoms with van der Waals surface area (Å²) in [5.74, 6) is 0.0571. The fourth-order valence-electron chi connectivity index (χ4n) is 4.72. The molecule has 1 aliphatic carbocycles. The van der Waals surface area contributed by atoms with Gasteiger partial charge in [-0.05, 0) is 74.9 Å². The minimum Gasteiger partial charge on any atom is -0.495 e. The maximum absolute atomic E-state index is 12.9. The van der Waals surface area contributed by atoms with Gasteiger partial charge in [-0.15, -0.1) is 0 Å². The molecule has 3 aromatic rings. The molecule has 0 unspecified atom stereocenters. The van der Waals surface area contributed by atoms with Crippen LogP contribution in [0.3, 0.4) is 0 Å². The molecule has 0 spiro atoms. The fraction of sp³-hybridized carbons (Fsp3) is 0.407. The van der Waals surface area contributed by atoms with Gasteiger partial charge in [-0.2, -0.15) is 4.98 Å². The first kappa shape index (κ1) is 23.4. The number of benzene rings is 2. The number of nitrogens with zero attached hydrogens (tertiary/aromatic N) is 3. The van der Waals surface area contributed by atoms with E-state index in [0.29, 0.717) is 5.92 Å². The molecule has 10 nitrogen and oxygen atoms in total. The summed E-state index contributed by atoms with van der Waals surface area (Å²) in [5, 5.41) is 16.8. The maximum atomic E-state index is 12.9. The molecule has 1 aromatic heterocycles. The lowest BCUT2D eigenvalue weighted by molar-refractivity contribution is -0.384. The SMILES string of the molecule is [2H]C([2H])([2H])Oc1cc(C2CCCCC2)c(C)cc1Nc1ncc([N+](=O)[O-])c(Nc2ccccc2S(=O)(=O)C(C)C)n1. The van der Waals surface area contributed by atoms with Crippen LogP contribution in [0.15, 0.2) is 47.5 Å². The van der Waals surface area contributed by atoms with Gasteiger partial charge in [0, 0.05) is 0 Å². The summed E-state index contributed by atoms with van der Waals surface area (Å²) in [7, 11) is -6.44. The van der Waals surface area contributed by atoms with E-state index in [9.17, 15) is 18.5 Å². The Labute approximate surface area is 227 Å². The van der Waals surface area contributed by atoms with Gasteiger partial charge in [0.05, 0.1) is 37.6 Å². The van der Waals surface area contributed by atoms with Crippen LogP contribution in [-0.4, -0.2) is 35.6 Å². The first-order valence-electron chi connectivity index (χ1n) is 14.0. The zero-order chi connectivity index (χ0) is 29.9. The van der Waals surface area contributed by atoms with Crippen molar-refractivity contribution in [3.63, 3.8) is 0 Å². The van der Waals surface area contributed by atoms with Crippen molar-refractivity contribution >= 4 is 38.7 Å². The molecule has 1 fully saturated rings. The van der Waals surface area contributed by atoms with Crippen LogP contribution in [0.25, 0.3) is 0 Å². The zero-order valence-corrected chi connectivity index (χ0v) is 22.3. The van der Waals surface area contributed by atoms with Gasteiger partial charge in [0.1, 0.15) is 11.9 Å². The number of hydrogen-bond donors (Lipinski definition) is 2. The van der Waals surface area contributed by atoms with E-state index in [-0.39, 0.29) is 33.8 Å². The Kier molecular flexibility index (Phi) is 6.98. The molecule has 2 N–H and O–H groups in total. The number of anilines is 4. The van der Waals surface area contributed by atoms with Crippen LogP contribution in [0.4, 0.5) is 28.8 Å². The third-order valence-corrected chi connectivity index (χ3v) is 9.01. The number of aryl methyl sites for hydroxylation is 1. The number of aromatic nitrogens is 2. The molecule has 0 atom stereocenters. The van der Waals surface area contributed by atoms with E-state index < -0.39 is 32.7 Å². The molecular weight excluding hydrogens is 506 g/mol. The lowest BCUT2D eigenvalue weighted by Gasteiger charge is -2.25. The van der Waals surface area contributed by atoms with Crippen LogP contribution >= 0.6 is 0 Å². The third kappa shape index (κ3) is 5.72. The lowest BCUT2D eigenvalue weighted by Crippen LogP contribution is -2.16. The number of nitrogens with one attached hydrogen (secondary N) is 2. The Morgan fingerprint density at radius 2 is 1.87 bits per heavy atom. The summed E-state index contributed by atoms with van der Waals surface area (Å²) < 4.78 is 54.2. The smallest absolute Gasteiger partial charge is 0.329 e. The highest BCUT2D eigenvalue weighted by molar-refractivity contribution is 7.92. The summed E-state index contributed by atoms with van der Waals surface area (Å²) in [5.41, 5.74) is 1.87. The Bertz CT molecular complexity index is 1540. The van der Waals surface area contributed by atoms with Crippen LogP contribution in [0.5, 0.6) is 5.75 Å². The van der Waals surface area contributed by atoms with Gasteiger partial charge in [-0.1, -0.05) is 31.4 Å². The van der Waals surface area contributed by atoms with Gasteiger partial charge >= 0.3 is 5.69 Å². The molecule has 11 heteroatoms. The minimum absolute atomic E-state index is 0.0280. The zero-order valence-electron chi connectivity index (χ0n) is 24.5. The van der Waals surface area contributed by atoms with Gasteiger partial charge < -0.3 is 15.4 Å². The molecule has 38 heavy (non-hydrogen) atoms. The predicted molar refractivity (Wildman–Crippen MR) is 148 cm³/mol. The van der Waals surface area contributed by atoms with Crippen molar-refractivity contribution in [2.75, 3.05) is 17.7 Å². The number of ether oxygens (including phenoxy) is 1. The monoisotopic (exact) mass is 542 g/mol. The van der Waals surface area contributed by atoms with Gasteiger partial charge in [-0.3, -0.25) is 10.1 Å². The number of nitro groups is 1. The first-order valence-corrected chi connectivity index (χ1v) is 14.0. The number of methoxy groups -OCH3 is 1. The molecule has 2 aromatic carbocycles. The van der Waals surface area contributed by atoms with Crippen LogP contribution in [-0.2, 0) is 9.84 Å². The van der Waals surface area contributed by atoms with Crippen molar-refractivity contribution in [3.8, 4) is 5.75 Å². The average molecular weight is 543 g/mol. The summed E-state index contributed by atoms with van der Waals surface area (Å²) in [4.78, 5) is 19.4. The third-order valence-electron chi connectivity index (χ3n) is 6.80. The van der Waals surface area contributed by atoms with Crippen LogP contribution in [0, 0.1) is 17.0 Å². The van der Waals surface area contributed by atoms with E-state index in [1.54, 1.807) is 38.1 Å². The van der Waals surface area contributed by atoms with Crippen molar-refractivity contribution in [1.29, 1.82) is 0 Å². The Morgan fingerprint density at radius 3 is 2.55 bits per heavy atom. The van der Waals surface area contributed by atoms with Crippen molar-refractivity contribution in [1.82, 2.24) is 9.97 Å². The molecule has 1 heterocycles. The van der Waals surface area contributed by atoms with Gasteiger partial charge in [0.15, 0.2) is 9.84 Å². The molecule has 0 bridgehead atoms. The van der Waals surface area contributed by atoms with E-state index in [2.05, 4.69) is 20.6 Å². The quantitative estimate of drug-likeness (QED) is 0.232. The van der Waals surface area contributed by atoms with Crippen LogP contribution in [0.1, 0.15) is 67.1 Å². The van der Waals surface area contributed by atoms with Crippen LogP contribution in [0.2, 0.25) is 0 Å². The highest BCUT2D eigenvalue weighted by Crippen LogP contribution is 2.39. The van der Waals surface area contributed by atoms with E-state index in [1.807, 2.05) is 6.92 Å². The molecule has 0 saturated heterocycles. The molecule has 202 valence electrons. The number of sulfone groups is 1. The Balaban J connectivity index is 1.74. The molecule has 0 amide bonds. The van der Waals surface area contributed by atoms with E-state index in [1.165, 1.54) is 18.6 Å². The lowest BCUT2D eigenvalue weighted by atomic mass is 9.82. The van der Waals surface area contributed by atoms with Crippen molar-refractivity contribution in [2.24, 2.45) is 0 Å². The second-order valence-corrected chi connectivity index (χ2v) is 12.1. The molecule has 1 saturated carbocycles. The Morgan fingerprint density at radius 1 is 1.13 bits per heavy atom. The number of hydrogen-bond acceptors (Lipinski definition) is 9. The van der Waals surface area contributed by atoms with Crippen LogP contribution < -0.4 is 15.4 Å². The standard InChI is InChI=1S/C27H33N5O5S/c1-17(2)38(35,36)25-13-9-8-12-21(25)29-26-23(32(33)34)16-28-27(31-26)30-22-14-18(3)20(15-24(22)37-4)19-10-6-5-7-11-19/h8-9,12-17,19H,5-7,10-11H2,1-4H3,(H2,28,29,30,31)/i4D3. The highest BCUT2D eigenvalue weighted by atomic mass is 32.2. The second kappa shape index (κ2) is 11.3. The maximum Gasteiger partial charge on any atom is 0.329 e. The molecule has 0 radical (unpaired) electrons. The minimum atomic E-state index is -3.72. The van der Waals surface area contributed by atoms with E-state index in [4.69, 9.17) is 8.85 Å². The summed E-state index contributed by atoms with van der Waals surface area (Å²) >= 11 is 0. The van der Waals surface area contributed by atoms with Crippen molar-refractivity contribution in [3.05, 3.63) is 63.8 Å². The largest absolute Gasteiger partial charge is 0.495 e. The summed E-state index contributed by atoms with van der Waals surface area (Å²) in [6.45, 7) is 5.02. The van der Waals surface area contributed by atoms with E-state index in [0.717, 1.165) is 43.0 Å². The molecular formula is C27H33N5O5S. The Hall–Kier alpha value is -3.73. The summed E-state index contributed by atoms with van der Waals surface area (Å²) in [6.07, 6.45) is 6.39. The van der Waals surface area contributed by atoms with Gasteiger partial charge in [0.25, 0.3) is 0 Å². The van der Waals surface area contributed by atoms with Crippen molar-refractivity contribution < 1.29 is 22.2 Å². The molecule has 1 aliphatic rings. The second-order valence-electron chi connectivity index (χ2n) is 9.67. The average Bonchev–Trinajstić information content (AvgIpc) is 2.90. The number of para-hydroxylation sites is 1. The highest BCUT2D eigenvalue weighted by Gasteiger charge is 2.25. The van der Waals surface area contributed by atoms with Crippen molar-refractivity contribution in [2.45, 2.75) is 68.9 Å². The molecule has 4 rings (SSSR count). The summed E-state index contributed by atoms with van der Waals surface area (Å²) in [6, 6.07) is 9.56. The fourth-order valence-corrected chi connectivity index (χ4v) is 5.92.